The maximum Gasteiger partial charge on any atom is 0.416 e. The molecule has 5 nitrogen and oxygen atoms in total. The van der Waals surface area contributed by atoms with Crippen LogP contribution in [-0.2, 0) is 12.6 Å². The number of aromatic carboxylic acids is 1. The lowest BCUT2D eigenvalue weighted by molar-refractivity contribution is -0.137. The molecule has 0 amide bonds. The Morgan fingerprint density at radius 2 is 1.84 bits per heavy atom. The number of benzene rings is 2. The summed E-state index contributed by atoms with van der Waals surface area (Å²) in [6.07, 6.45) is -4.42. The second-order valence-corrected chi connectivity index (χ2v) is 8.62. The van der Waals surface area contributed by atoms with Gasteiger partial charge in [0.05, 0.1) is 18.4 Å². The van der Waals surface area contributed by atoms with Crippen LogP contribution >= 0.6 is 11.8 Å². The van der Waals surface area contributed by atoms with E-state index in [0.717, 1.165) is 23.8 Å². The molecule has 9 heteroatoms. The Kier molecular flexibility index (Phi) is 5.54. The number of carboxylic acid groups (broad SMARTS) is 1. The van der Waals surface area contributed by atoms with E-state index in [-0.39, 0.29) is 23.1 Å². The topological polar surface area (TPSA) is 68.5 Å². The predicted octanol–water partition coefficient (Wildman–Crippen LogP) is 5.26. The van der Waals surface area contributed by atoms with Crippen molar-refractivity contribution in [3.63, 3.8) is 0 Å². The quantitative estimate of drug-likeness (QED) is 0.576. The number of alkyl halides is 3. The maximum absolute atomic E-state index is 13.4. The zero-order valence-corrected chi connectivity index (χ0v) is 17.9. The highest BCUT2D eigenvalue weighted by Crippen LogP contribution is 2.46. The monoisotopic (exact) mass is 461 g/mol. The van der Waals surface area contributed by atoms with Crippen molar-refractivity contribution < 1.29 is 27.8 Å². The fourth-order valence-corrected chi connectivity index (χ4v) is 5.15. The molecule has 0 saturated carbocycles. The van der Waals surface area contributed by atoms with E-state index in [1.165, 1.54) is 29.5 Å². The van der Waals surface area contributed by atoms with Gasteiger partial charge in [0.25, 0.3) is 0 Å². The first-order chi connectivity index (χ1) is 15.1. The summed E-state index contributed by atoms with van der Waals surface area (Å²) in [6, 6.07) is 11.7. The van der Waals surface area contributed by atoms with Crippen molar-refractivity contribution in [1.82, 2.24) is 4.57 Å². The molecule has 0 unspecified atom stereocenters. The minimum absolute atomic E-state index is 0.144. The Balaban J connectivity index is 2.00. The molecule has 1 aromatic heterocycles. The van der Waals surface area contributed by atoms with Crippen molar-refractivity contribution >= 4 is 17.7 Å². The number of nitrogens with zero attached hydrogens (tertiary/aromatic N) is 1. The van der Waals surface area contributed by atoms with Gasteiger partial charge in [0.1, 0.15) is 11.3 Å². The molecule has 0 radical (unpaired) electrons. The van der Waals surface area contributed by atoms with Crippen LogP contribution in [0, 0.1) is 6.92 Å². The molecule has 0 aliphatic carbocycles. The minimum atomic E-state index is -4.57. The van der Waals surface area contributed by atoms with Gasteiger partial charge < -0.3 is 14.4 Å². The average Bonchev–Trinajstić information content (AvgIpc) is 2.89. The number of thioether (sulfide) groups is 1. The van der Waals surface area contributed by atoms with Gasteiger partial charge in [-0.05, 0) is 42.8 Å². The SMILES string of the molecule is COc1ccc([C@@H]2Cc3c(C(=O)O)c(=O)cc(C)n3-c3cc(C(F)(F)F)ccc3S2)cc1. The van der Waals surface area contributed by atoms with Crippen LogP contribution in [-0.4, -0.2) is 22.8 Å². The molecular formula is C23H18F3NO4S. The second-order valence-electron chi connectivity index (χ2n) is 7.38. The Morgan fingerprint density at radius 1 is 1.16 bits per heavy atom. The third kappa shape index (κ3) is 3.88. The van der Waals surface area contributed by atoms with E-state index in [9.17, 15) is 27.9 Å². The molecule has 32 heavy (non-hydrogen) atoms. The average molecular weight is 461 g/mol. The first-order valence-electron chi connectivity index (χ1n) is 9.61. The minimum Gasteiger partial charge on any atom is -0.497 e. The van der Waals surface area contributed by atoms with Crippen molar-refractivity contribution in [3.8, 4) is 11.4 Å². The van der Waals surface area contributed by atoms with Crippen molar-refractivity contribution in [2.24, 2.45) is 0 Å². The van der Waals surface area contributed by atoms with E-state index in [1.807, 2.05) is 12.1 Å². The molecule has 3 aromatic rings. The molecule has 0 fully saturated rings. The molecule has 0 saturated heterocycles. The highest BCUT2D eigenvalue weighted by molar-refractivity contribution is 7.99. The number of hydrogen-bond donors (Lipinski definition) is 1. The third-order valence-corrected chi connectivity index (χ3v) is 6.70. The zero-order valence-electron chi connectivity index (χ0n) is 17.1. The number of aromatic nitrogens is 1. The fraction of sp³-hybridized carbons (Fsp3) is 0.217. The predicted molar refractivity (Wildman–Crippen MR) is 114 cm³/mol. The fourth-order valence-electron chi connectivity index (χ4n) is 3.89. The maximum atomic E-state index is 13.4. The first-order valence-corrected chi connectivity index (χ1v) is 10.5. The summed E-state index contributed by atoms with van der Waals surface area (Å²) in [7, 11) is 1.54. The zero-order chi connectivity index (χ0) is 23.2. The molecule has 1 aliphatic heterocycles. The molecule has 2 aromatic carbocycles. The molecule has 0 bridgehead atoms. The van der Waals surface area contributed by atoms with Crippen LogP contribution in [0.25, 0.3) is 5.69 Å². The van der Waals surface area contributed by atoms with Gasteiger partial charge in [-0.1, -0.05) is 12.1 Å². The van der Waals surface area contributed by atoms with Crippen LogP contribution in [0.3, 0.4) is 0 Å². The second kappa shape index (κ2) is 8.05. The number of rotatable bonds is 3. The normalized spacial score (nSPS) is 15.5. The van der Waals surface area contributed by atoms with Crippen molar-refractivity contribution in [1.29, 1.82) is 0 Å². The Labute approximate surface area is 185 Å². The number of fused-ring (bicyclic) bond motifs is 3. The molecule has 1 atom stereocenters. The molecule has 166 valence electrons. The summed E-state index contributed by atoms with van der Waals surface area (Å²) in [5.41, 5.74) is -0.368. The van der Waals surface area contributed by atoms with Crippen molar-refractivity contribution in [2.75, 3.05) is 7.11 Å². The van der Waals surface area contributed by atoms with Crippen LogP contribution in [0.5, 0.6) is 5.75 Å². The summed E-state index contributed by atoms with van der Waals surface area (Å²) in [4.78, 5) is 25.1. The van der Waals surface area contributed by atoms with Gasteiger partial charge in [0.15, 0.2) is 5.43 Å². The highest BCUT2D eigenvalue weighted by atomic mass is 32.2. The number of halogens is 3. The van der Waals surface area contributed by atoms with Crippen LogP contribution in [0.2, 0.25) is 0 Å². The number of carbonyl (C=O) groups is 1. The molecule has 1 N–H and O–H groups in total. The lowest BCUT2D eigenvalue weighted by atomic mass is 10.0. The van der Waals surface area contributed by atoms with Gasteiger partial charge in [-0.25, -0.2) is 4.79 Å². The largest absolute Gasteiger partial charge is 0.497 e. The molecular weight excluding hydrogens is 443 g/mol. The number of methoxy groups -OCH3 is 1. The van der Waals surface area contributed by atoms with Crippen LogP contribution in [0.1, 0.15) is 38.1 Å². The Morgan fingerprint density at radius 3 is 2.44 bits per heavy atom. The summed E-state index contributed by atoms with van der Waals surface area (Å²) < 4.78 is 47.0. The molecule has 2 heterocycles. The third-order valence-electron chi connectivity index (χ3n) is 5.37. The first kappa shape index (κ1) is 22.0. The smallest absolute Gasteiger partial charge is 0.416 e. The highest BCUT2D eigenvalue weighted by Gasteiger charge is 2.34. The van der Waals surface area contributed by atoms with Gasteiger partial charge in [-0.3, -0.25) is 4.79 Å². The lowest BCUT2D eigenvalue weighted by Gasteiger charge is -2.19. The van der Waals surface area contributed by atoms with Crippen molar-refractivity contribution in [3.05, 3.63) is 86.8 Å². The standard InChI is InChI=1S/C23H18F3NO4S/c1-12-9-18(28)21(22(29)30)17-11-20(13-3-6-15(31-2)7-4-13)32-19-8-5-14(23(24,25)26)10-16(19)27(12)17/h3-10,20H,11H2,1-2H3,(H,29,30)/t20-/m0/s1. The molecule has 4 rings (SSSR count). The summed E-state index contributed by atoms with van der Waals surface area (Å²) >= 11 is 1.33. The van der Waals surface area contributed by atoms with Gasteiger partial charge >= 0.3 is 12.1 Å². The van der Waals surface area contributed by atoms with Gasteiger partial charge in [0.2, 0.25) is 0 Å². The number of carboxylic acids is 1. The van der Waals surface area contributed by atoms with E-state index in [2.05, 4.69) is 0 Å². The number of hydrogen-bond acceptors (Lipinski definition) is 4. The summed E-state index contributed by atoms with van der Waals surface area (Å²) in [5, 5.41) is 9.42. The van der Waals surface area contributed by atoms with E-state index in [1.54, 1.807) is 19.1 Å². The van der Waals surface area contributed by atoms with Crippen LogP contribution in [0.4, 0.5) is 13.2 Å². The van der Waals surface area contributed by atoms with Gasteiger partial charge in [-0.2, -0.15) is 13.2 Å². The van der Waals surface area contributed by atoms with E-state index >= 15 is 0 Å². The van der Waals surface area contributed by atoms with E-state index < -0.39 is 28.7 Å². The van der Waals surface area contributed by atoms with E-state index in [4.69, 9.17) is 4.74 Å². The van der Waals surface area contributed by atoms with E-state index in [0.29, 0.717) is 16.3 Å². The molecule has 1 aliphatic rings. The van der Waals surface area contributed by atoms with Crippen LogP contribution < -0.4 is 10.2 Å². The number of ether oxygens (including phenoxy) is 1. The van der Waals surface area contributed by atoms with Gasteiger partial charge in [-0.15, -0.1) is 11.8 Å². The lowest BCUT2D eigenvalue weighted by Crippen LogP contribution is -2.24. The van der Waals surface area contributed by atoms with Crippen LogP contribution in [0.15, 0.2) is 58.2 Å². The van der Waals surface area contributed by atoms with Gasteiger partial charge in [0, 0.05) is 34.0 Å². The Bertz CT molecular complexity index is 1270. The summed E-state index contributed by atoms with van der Waals surface area (Å²) in [5.74, 6) is -0.770. The number of pyridine rings is 1. The molecule has 0 spiro atoms. The number of aryl methyl sites for hydroxylation is 1. The van der Waals surface area contributed by atoms with Crippen molar-refractivity contribution in [2.45, 2.75) is 29.7 Å². The Hall–Kier alpha value is -3.20. The summed E-state index contributed by atoms with van der Waals surface area (Å²) in [6.45, 7) is 1.58.